The van der Waals surface area contributed by atoms with E-state index in [1.165, 1.54) is 0 Å². The minimum atomic E-state index is 0.0832. The zero-order valence-corrected chi connectivity index (χ0v) is 13.2. The Kier molecular flexibility index (Phi) is 6.72. The fourth-order valence-electron chi connectivity index (χ4n) is 2.03. The van der Waals surface area contributed by atoms with Crippen molar-refractivity contribution in [2.75, 3.05) is 11.9 Å². The van der Waals surface area contributed by atoms with Crippen molar-refractivity contribution in [3.63, 3.8) is 0 Å². The number of carbonyl (C=O) groups is 1. The smallest absolute Gasteiger partial charge is 0.254 e. The van der Waals surface area contributed by atoms with Gasteiger partial charge in [0.15, 0.2) is 0 Å². The van der Waals surface area contributed by atoms with Crippen LogP contribution in [0.15, 0.2) is 24.3 Å². The van der Waals surface area contributed by atoms with Crippen molar-refractivity contribution in [3.8, 4) is 0 Å². The van der Waals surface area contributed by atoms with Crippen molar-refractivity contribution < 1.29 is 4.79 Å². The third-order valence-corrected chi connectivity index (χ3v) is 3.67. The van der Waals surface area contributed by atoms with E-state index in [0.717, 1.165) is 24.7 Å². The number of nitrogens with zero attached hydrogens (tertiary/aromatic N) is 1. The number of amides is 1. The molecule has 1 rings (SSSR count). The van der Waals surface area contributed by atoms with Crippen molar-refractivity contribution in [2.45, 2.75) is 32.7 Å². The van der Waals surface area contributed by atoms with Crippen LogP contribution in [0.3, 0.4) is 0 Å². The third-order valence-electron chi connectivity index (χ3n) is 3.06. The summed E-state index contributed by atoms with van der Waals surface area (Å²) >= 11 is 9.26. The SMILES string of the molecule is CCC(CC)N(CCBr)C(=O)c1ccc(Cl)cc1. The van der Waals surface area contributed by atoms with Crippen LogP contribution in [0.5, 0.6) is 0 Å². The standard InChI is InChI=1S/C14H19BrClNO/c1-3-13(4-2)17(10-9-15)14(18)11-5-7-12(16)8-6-11/h5-8,13H,3-4,9-10H2,1-2H3. The number of alkyl halides is 1. The van der Waals surface area contributed by atoms with E-state index in [0.29, 0.717) is 16.6 Å². The maximum Gasteiger partial charge on any atom is 0.254 e. The quantitative estimate of drug-likeness (QED) is 0.709. The largest absolute Gasteiger partial charge is 0.335 e. The van der Waals surface area contributed by atoms with Gasteiger partial charge in [0.25, 0.3) is 5.91 Å². The summed E-state index contributed by atoms with van der Waals surface area (Å²) in [7, 11) is 0. The van der Waals surface area contributed by atoms with Crippen LogP contribution < -0.4 is 0 Å². The molecule has 0 bridgehead atoms. The van der Waals surface area contributed by atoms with Crippen LogP contribution in [0, 0.1) is 0 Å². The maximum absolute atomic E-state index is 12.5. The van der Waals surface area contributed by atoms with Gasteiger partial charge in [0, 0.05) is 28.5 Å². The number of hydrogen-bond acceptors (Lipinski definition) is 1. The van der Waals surface area contributed by atoms with Crippen LogP contribution in [0.4, 0.5) is 0 Å². The predicted octanol–water partition coefficient (Wildman–Crippen LogP) is 4.37. The van der Waals surface area contributed by atoms with E-state index < -0.39 is 0 Å². The van der Waals surface area contributed by atoms with E-state index in [-0.39, 0.29) is 5.91 Å². The van der Waals surface area contributed by atoms with Gasteiger partial charge in [0.05, 0.1) is 0 Å². The lowest BCUT2D eigenvalue weighted by atomic mass is 10.1. The third kappa shape index (κ3) is 3.99. The minimum absolute atomic E-state index is 0.0832. The van der Waals surface area contributed by atoms with Crippen LogP contribution in [0.25, 0.3) is 0 Å². The molecule has 0 radical (unpaired) electrons. The average Bonchev–Trinajstić information content (AvgIpc) is 2.39. The van der Waals surface area contributed by atoms with Crippen LogP contribution >= 0.6 is 27.5 Å². The zero-order chi connectivity index (χ0) is 13.5. The highest BCUT2D eigenvalue weighted by Gasteiger charge is 2.21. The van der Waals surface area contributed by atoms with Crippen LogP contribution in [0.2, 0.25) is 5.02 Å². The van der Waals surface area contributed by atoms with Crippen LogP contribution in [-0.4, -0.2) is 28.7 Å². The summed E-state index contributed by atoms with van der Waals surface area (Å²) in [6, 6.07) is 7.38. The Morgan fingerprint density at radius 3 is 2.28 bits per heavy atom. The first-order valence-electron chi connectivity index (χ1n) is 6.26. The topological polar surface area (TPSA) is 20.3 Å². The molecular formula is C14H19BrClNO. The van der Waals surface area contributed by atoms with Gasteiger partial charge >= 0.3 is 0 Å². The molecule has 4 heteroatoms. The lowest BCUT2D eigenvalue weighted by Crippen LogP contribution is -2.41. The molecular weight excluding hydrogens is 314 g/mol. The molecule has 18 heavy (non-hydrogen) atoms. The molecule has 2 nitrogen and oxygen atoms in total. The fourth-order valence-corrected chi connectivity index (χ4v) is 2.54. The lowest BCUT2D eigenvalue weighted by molar-refractivity contribution is 0.0683. The van der Waals surface area contributed by atoms with Gasteiger partial charge in [-0.25, -0.2) is 0 Å². The van der Waals surface area contributed by atoms with Gasteiger partial charge in [-0.1, -0.05) is 41.4 Å². The van der Waals surface area contributed by atoms with Crippen molar-refractivity contribution in [3.05, 3.63) is 34.9 Å². The first-order valence-corrected chi connectivity index (χ1v) is 7.76. The van der Waals surface area contributed by atoms with E-state index in [1.54, 1.807) is 24.3 Å². The van der Waals surface area contributed by atoms with Crippen LogP contribution in [0.1, 0.15) is 37.0 Å². The molecule has 0 aliphatic rings. The van der Waals surface area contributed by atoms with Gasteiger partial charge in [-0.3, -0.25) is 4.79 Å². The van der Waals surface area contributed by atoms with Crippen molar-refractivity contribution >= 4 is 33.4 Å². The number of hydrogen-bond donors (Lipinski definition) is 0. The van der Waals surface area contributed by atoms with E-state index in [1.807, 2.05) is 4.90 Å². The summed E-state index contributed by atoms with van der Waals surface area (Å²) in [5, 5.41) is 1.45. The first-order chi connectivity index (χ1) is 8.63. The molecule has 0 N–H and O–H groups in total. The Balaban J connectivity index is 2.91. The van der Waals surface area contributed by atoms with Gasteiger partial charge in [-0.05, 0) is 37.1 Å². The summed E-state index contributed by atoms with van der Waals surface area (Å²) in [6.45, 7) is 4.96. The van der Waals surface area contributed by atoms with Gasteiger partial charge < -0.3 is 4.90 Å². The Morgan fingerprint density at radius 2 is 1.83 bits per heavy atom. The fraction of sp³-hybridized carbons (Fsp3) is 0.500. The second-order valence-electron chi connectivity index (χ2n) is 4.16. The molecule has 0 unspecified atom stereocenters. The molecule has 0 aliphatic heterocycles. The molecule has 0 saturated heterocycles. The molecule has 1 aromatic carbocycles. The monoisotopic (exact) mass is 331 g/mol. The molecule has 0 heterocycles. The van der Waals surface area contributed by atoms with Gasteiger partial charge in [-0.2, -0.15) is 0 Å². The molecule has 0 saturated carbocycles. The number of rotatable bonds is 6. The highest BCUT2D eigenvalue weighted by Crippen LogP contribution is 2.16. The average molecular weight is 333 g/mol. The summed E-state index contributed by atoms with van der Waals surface area (Å²) in [4.78, 5) is 14.4. The Bertz CT molecular complexity index is 376. The van der Waals surface area contributed by atoms with Crippen LogP contribution in [-0.2, 0) is 0 Å². The minimum Gasteiger partial charge on any atom is -0.335 e. The van der Waals surface area contributed by atoms with E-state index in [9.17, 15) is 4.79 Å². The van der Waals surface area contributed by atoms with E-state index >= 15 is 0 Å². The second-order valence-corrected chi connectivity index (χ2v) is 5.39. The summed E-state index contributed by atoms with van der Waals surface area (Å²) in [5.74, 6) is 0.0832. The molecule has 0 spiro atoms. The molecule has 100 valence electrons. The van der Waals surface area contributed by atoms with E-state index in [2.05, 4.69) is 29.8 Å². The lowest BCUT2D eigenvalue weighted by Gasteiger charge is -2.30. The molecule has 1 amide bonds. The van der Waals surface area contributed by atoms with Gasteiger partial charge in [0.2, 0.25) is 0 Å². The van der Waals surface area contributed by atoms with Crippen molar-refractivity contribution in [1.29, 1.82) is 0 Å². The number of benzene rings is 1. The summed E-state index contributed by atoms with van der Waals surface area (Å²) < 4.78 is 0. The Labute approximate surface area is 122 Å². The molecule has 0 aliphatic carbocycles. The normalized spacial score (nSPS) is 10.7. The molecule has 0 fully saturated rings. The first kappa shape index (κ1) is 15.5. The molecule has 1 aromatic rings. The van der Waals surface area contributed by atoms with E-state index in [4.69, 9.17) is 11.6 Å². The summed E-state index contributed by atoms with van der Waals surface area (Å²) in [5.41, 5.74) is 0.701. The van der Waals surface area contributed by atoms with Gasteiger partial charge in [0.1, 0.15) is 0 Å². The maximum atomic E-state index is 12.5. The molecule has 0 atom stereocenters. The summed E-state index contributed by atoms with van der Waals surface area (Å²) in [6.07, 6.45) is 1.95. The highest BCUT2D eigenvalue weighted by atomic mass is 79.9. The number of halogens is 2. The van der Waals surface area contributed by atoms with Crippen molar-refractivity contribution in [2.24, 2.45) is 0 Å². The predicted molar refractivity (Wildman–Crippen MR) is 80.7 cm³/mol. The second kappa shape index (κ2) is 7.80. The molecule has 0 aromatic heterocycles. The Morgan fingerprint density at radius 1 is 1.28 bits per heavy atom. The highest BCUT2D eigenvalue weighted by molar-refractivity contribution is 9.09. The van der Waals surface area contributed by atoms with Crippen molar-refractivity contribution in [1.82, 2.24) is 4.90 Å². The zero-order valence-electron chi connectivity index (χ0n) is 10.8. The Hall–Kier alpha value is -0.540. The van der Waals surface area contributed by atoms with Gasteiger partial charge in [-0.15, -0.1) is 0 Å². The number of carbonyl (C=O) groups excluding carboxylic acids is 1.